The van der Waals surface area contributed by atoms with Gasteiger partial charge in [0.2, 0.25) is 0 Å². The van der Waals surface area contributed by atoms with Crippen molar-refractivity contribution < 1.29 is 27.4 Å². The topological polar surface area (TPSA) is 98.0 Å². The predicted octanol–water partition coefficient (Wildman–Crippen LogP) is 3.66. The van der Waals surface area contributed by atoms with Crippen molar-refractivity contribution in [1.29, 1.82) is 0 Å². The van der Waals surface area contributed by atoms with Gasteiger partial charge < -0.3 is 25.8 Å². The number of benzene rings is 2. The first-order valence-corrected chi connectivity index (χ1v) is 9.66. The number of nitrogens with zero attached hydrogens (tertiary/aromatic N) is 1. The monoisotopic (exact) mass is 438 g/mol. The standard InChI is InChI=1S/C21H25F3N4O3/c1-3-30-16-9-10-18(31-4-2)17(13-16)28-20(25)27-12-11-26-19(29)14-5-7-15(8-6-14)21(22,23)24/h5-10,13H,3-4,11-12H2,1-2H3,(H,26,29)(H3,25,27,28). The molecule has 7 nitrogen and oxygen atoms in total. The van der Waals surface area contributed by atoms with E-state index in [1.165, 1.54) is 0 Å². The summed E-state index contributed by atoms with van der Waals surface area (Å²) < 4.78 is 48.8. The Morgan fingerprint density at radius 1 is 1.06 bits per heavy atom. The minimum absolute atomic E-state index is 0.110. The number of alkyl halides is 3. The van der Waals surface area contributed by atoms with Gasteiger partial charge in [0.05, 0.1) is 31.0 Å². The highest BCUT2D eigenvalue weighted by Crippen LogP contribution is 2.30. The first-order valence-electron chi connectivity index (χ1n) is 9.66. The summed E-state index contributed by atoms with van der Waals surface area (Å²) >= 11 is 0. The van der Waals surface area contributed by atoms with Gasteiger partial charge in [0.1, 0.15) is 11.5 Å². The number of guanidine groups is 1. The third-order valence-corrected chi connectivity index (χ3v) is 3.98. The van der Waals surface area contributed by atoms with Crippen LogP contribution in [0.5, 0.6) is 11.5 Å². The molecule has 2 aromatic rings. The lowest BCUT2D eigenvalue weighted by molar-refractivity contribution is -0.137. The molecule has 0 aliphatic carbocycles. The smallest absolute Gasteiger partial charge is 0.416 e. The molecule has 0 bridgehead atoms. The number of hydrogen-bond acceptors (Lipinski definition) is 4. The molecular weight excluding hydrogens is 413 g/mol. The van der Waals surface area contributed by atoms with Crippen molar-refractivity contribution in [3.8, 4) is 11.5 Å². The molecule has 168 valence electrons. The number of amides is 1. The maximum Gasteiger partial charge on any atom is 0.416 e. The Labute approximate surface area is 178 Å². The quantitative estimate of drug-likeness (QED) is 0.315. The van der Waals surface area contributed by atoms with Crippen LogP contribution in [0.2, 0.25) is 0 Å². The second kappa shape index (κ2) is 11.1. The van der Waals surface area contributed by atoms with Crippen molar-refractivity contribution >= 4 is 17.6 Å². The highest BCUT2D eigenvalue weighted by molar-refractivity contribution is 5.95. The minimum Gasteiger partial charge on any atom is -0.494 e. The second-order valence-corrected chi connectivity index (χ2v) is 6.25. The molecule has 4 N–H and O–H groups in total. The van der Waals surface area contributed by atoms with E-state index in [-0.39, 0.29) is 24.6 Å². The Hall–Kier alpha value is -3.43. The maximum atomic E-state index is 12.6. The summed E-state index contributed by atoms with van der Waals surface area (Å²) in [5.74, 6) is 0.835. The van der Waals surface area contributed by atoms with E-state index < -0.39 is 17.6 Å². The fraction of sp³-hybridized carbons (Fsp3) is 0.333. The summed E-state index contributed by atoms with van der Waals surface area (Å²) in [6, 6.07) is 9.25. The highest BCUT2D eigenvalue weighted by Gasteiger charge is 2.30. The van der Waals surface area contributed by atoms with E-state index in [4.69, 9.17) is 15.2 Å². The summed E-state index contributed by atoms with van der Waals surface area (Å²) in [6.45, 7) is 5.03. The molecule has 0 saturated heterocycles. The van der Waals surface area contributed by atoms with Crippen LogP contribution in [0, 0.1) is 0 Å². The van der Waals surface area contributed by atoms with Gasteiger partial charge in [-0.25, -0.2) is 0 Å². The van der Waals surface area contributed by atoms with E-state index in [1.54, 1.807) is 18.2 Å². The number of carbonyl (C=O) groups is 1. The highest BCUT2D eigenvalue weighted by atomic mass is 19.4. The van der Waals surface area contributed by atoms with Crippen molar-refractivity contribution in [3.05, 3.63) is 53.6 Å². The molecule has 0 heterocycles. The average Bonchev–Trinajstić information content (AvgIpc) is 2.73. The zero-order valence-electron chi connectivity index (χ0n) is 17.3. The van der Waals surface area contributed by atoms with Crippen molar-refractivity contribution in [2.24, 2.45) is 10.7 Å². The van der Waals surface area contributed by atoms with E-state index in [2.05, 4.69) is 15.6 Å². The molecule has 0 fully saturated rings. The number of nitrogens with two attached hydrogens (primary N) is 1. The van der Waals surface area contributed by atoms with Crippen LogP contribution in [0.15, 0.2) is 47.5 Å². The third-order valence-electron chi connectivity index (χ3n) is 3.98. The van der Waals surface area contributed by atoms with Crippen LogP contribution in [0.25, 0.3) is 0 Å². The minimum atomic E-state index is -4.45. The van der Waals surface area contributed by atoms with Gasteiger partial charge in [-0.05, 0) is 50.2 Å². The Morgan fingerprint density at radius 3 is 2.35 bits per heavy atom. The average molecular weight is 438 g/mol. The van der Waals surface area contributed by atoms with E-state index >= 15 is 0 Å². The summed E-state index contributed by atoms with van der Waals surface area (Å²) in [5.41, 5.74) is 5.80. The van der Waals surface area contributed by atoms with Gasteiger partial charge in [-0.15, -0.1) is 0 Å². The number of aliphatic imine (C=N–C) groups is 1. The van der Waals surface area contributed by atoms with Crippen molar-refractivity contribution in [2.45, 2.75) is 20.0 Å². The molecular formula is C21H25F3N4O3. The van der Waals surface area contributed by atoms with Gasteiger partial charge >= 0.3 is 6.18 Å². The molecule has 0 unspecified atom stereocenters. The summed E-state index contributed by atoms with van der Waals surface area (Å²) in [5, 5.41) is 5.52. The van der Waals surface area contributed by atoms with Gasteiger partial charge in [-0.3, -0.25) is 9.79 Å². The number of nitrogens with one attached hydrogen (secondary N) is 2. The van der Waals surface area contributed by atoms with Crippen LogP contribution < -0.4 is 25.8 Å². The summed E-state index contributed by atoms with van der Waals surface area (Å²) in [4.78, 5) is 16.2. The zero-order chi connectivity index (χ0) is 22.9. The normalized spacial score (nSPS) is 11.7. The van der Waals surface area contributed by atoms with Crippen molar-refractivity contribution in [2.75, 3.05) is 31.6 Å². The zero-order valence-corrected chi connectivity index (χ0v) is 17.3. The largest absolute Gasteiger partial charge is 0.494 e. The fourth-order valence-electron chi connectivity index (χ4n) is 2.58. The summed E-state index contributed by atoms with van der Waals surface area (Å²) in [6.07, 6.45) is -4.45. The Bertz CT molecular complexity index is 900. The Morgan fingerprint density at radius 2 is 1.74 bits per heavy atom. The van der Waals surface area contributed by atoms with Gasteiger partial charge in [0.25, 0.3) is 5.91 Å². The van der Waals surface area contributed by atoms with Gasteiger partial charge in [0, 0.05) is 18.2 Å². The van der Waals surface area contributed by atoms with Crippen LogP contribution in [0.3, 0.4) is 0 Å². The maximum absolute atomic E-state index is 12.6. The molecule has 10 heteroatoms. The van der Waals surface area contributed by atoms with Crippen molar-refractivity contribution in [1.82, 2.24) is 5.32 Å². The molecule has 2 rings (SSSR count). The van der Waals surface area contributed by atoms with Gasteiger partial charge in [0.15, 0.2) is 5.96 Å². The lowest BCUT2D eigenvalue weighted by atomic mass is 10.1. The number of carbonyl (C=O) groups excluding carboxylic acids is 1. The molecule has 1 amide bonds. The van der Waals surface area contributed by atoms with Crippen molar-refractivity contribution in [3.63, 3.8) is 0 Å². The number of hydrogen-bond donors (Lipinski definition) is 3. The molecule has 2 aromatic carbocycles. The lowest BCUT2D eigenvalue weighted by Crippen LogP contribution is -2.28. The van der Waals surface area contributed by atoms with E-state index in [0.717, 1.165) is 24.3 Å². The number of ether oxygens (including phenoxy) is 2. The third kappa shape index (κ3) is 7.40. The molecule has 0 atom stereocenters. The molecule has 0 saturated carbocycles. The lowest BCUT2D eigenvalue weighted by Gasteiger charge is -2.14. The van der Waals surface area contributed by atoms with Crippen LogP contribution in [0.1, 0.15) is 29.8 Å². The molecule has 31 heavy (non-hydrogen) atoms. The molecule has 0 aliphatic rings. The predicted molar refractivity (Wildman–Crippen MR) is 113 cm³/mol. The Kier molecular flexibility index (Phi) is 8.53. The first kappa shape index (κ1) is 23.8. The number of anilines is 1. The van der Waals surface area contributed by atoms with Crippen LogP contribution in [-0.4, -0.2) is 38.2 Å². The molecule has 0 aliphatic heterocycles. The SMILES string of the molecule is CCOc1ccc(OCC)c(NC(N)=NCCNC(=O)c2ccc(C(F)(F)F)cc2)c1. The molecule has 0 spiro atoms. The van der Waals surface area contributed by atoms with Crippen LogP contribution in [-0.2, 0) is 6.18 Å². The molecule has 0 radical (unpaired) electrons. The fourth-order valence-corrected chi connectivity index (χ4v) is 2.58. The first-order chi connectivity index (χ1) is 14.7. The van der Waals surface area contributed by atoms with Crippen LogP contribution >= 0.6 is 0 Å². The van der Waals surface area contributed by atoms with E-state index in [9.17, 15) is 18.0 Å². The van der Waals surface area contributed by atoms with Gasteiger partial charge in [-0.2, -0.15) is 13.2 Å². The second-order valence-electron chi connectivity index (χ2n) is 6.25. The van der Waals surface area contributed by atoms with E-state index in [0.29, 0.717) is 30.4 Å². The van der Waals surface area contributed by atoms with Gasteiger partial charge in [-0.1, -0.05) is 0 Å². The van der Waals surface area contributed by atoms with Crippen LogP contribution in [0.4, 0.5) is 18.9 Å². The number of halogens is 3. The summed E-state index contributed by atoms with van der Waals surface area (Å²) in [7, 11) is 0. The Balaban J connectivity index is 1.90. The van der Waals surface area contributed by atoms with E-state index in [1.807, 2.05) is 13.8 Å². The number of rotatable bonds is 9. The molecule has 0 aromatic heterocycles.